The summed E-state index contributed by atoms with van der Waals surface area (Å²) in [5.41, 5.74) is 0. The summed E-state index contributed by atoms with van der Waals surface area (Å²) in [7, 11) is 0. The SMILES string of the molecule is CCCC(O)CCCCCCCCCCC(O)CCC. The van der Waals surface area contributed by atoms with Gasteiger partial charge in [-0.1, -0.05) is 78.1 Å². The van der Waals surface area contributed by atoms with Crippen molar-refractivity contribution in [3.05, 3.63) is 0 Å². The van der Waals surface area contributed by atoms with Crippen LogP contribution in [0.15, 0.2) is 0 Å². The topological polar surface area (TPSA) is 40.5 Å². The van der Waals surface area contributed by atoms with E-state index in [2.05, 4.69) is 13.8 Å². The molecule has 0 bridgehead atoms. The van der Waals surface area contributed by atoms with Crippen LogP contribution >= 0.6 is 0 Å². The lowest BCUT2D eigenvalue weighted by molar-refractivity contribution is 0.149. The van der Waals surface area contributed by atoms with Crippen molar-refractivity contribution in [2.24, 2.45) is 0 Å². The Labute approximate surface area is 127 Å². The van der Waals surface area contributed by atoms with E-state index in [0.29, 0.717) is 0 Å². The van der Waals surface area contributed by atoms with Crippen LogP contribution in [0.3, 0.4) is 0 Å². The number of aliphatic hydroxyl groups is 2. The van der Waals surface area contributed by atoms with Gasteiger partial charge >= 0.3 is 0 Å². The summed E-state index contributed by atoms with van der Waals surface area (Å²) in [6, 6.07) is 0. The molecule has 0 aliphatic rings. The molecule has 0 saturated carbocycles. The lowest BCUT2D eigenvalue weighted by atomic mass is 10.0. The van der Waals surface area contributed by atoms with Gasteiger partial charge in [-0.15, -0.1) is 0 Å². The largest absolute Gasteiger partial charge is 0.393 e. The standard InChI is InChI=1S/C18H38O2/c1-3-13-17(19)15-11-9-7-5-6-8-10-12-16-18(20)14-4-2/h17-20H,3-16H2,1-2H3. The fourth-order valence-corrected chi connectivity index (χ4v) is 2.78. The zero-order valence-electron chi connectivity index (χ0n) is 13.9. The monoisotopic (exact) mass is 286 g/mol. The number of aliphatic hydroxyl groups excluding tert-OH is 2. The third-order valence-corrected chi connectivity index (χ3v) is 4.07. The molecule has 0 fully saturated rings. The van der Waals surface area contributed by atoms with Gasteiger partial charge in [0.05, 0.1) is 12.2 Å². The Hall–Kier alpha value is -0.0800. The van der Waals surface area contributed by atoms with E-state index in [1.165, 1.54) is 51.4 Å². The number of unbranched alkanes of at least 4 members (excludes halogenated alkanes) is 7. The second-order valence-electron chi connectivity index (χ2n) is 6.29. The summed E-state index contributed by atoms with van der Waals surface area (Å²) in [5, 5.41) is 19.2. The van der Waals surface area contributed by atoms with Crippen molar-refractivity contribution in [1.29, 1.82) is 0 Å². The molecule has 0 aliphatic heterocycles. The van der Waals surface area contributed by atoms with Gasteiger partial charge in [-0.05, 0) is 25.7 Å². The molecule has 0 spiro atoms. The highest BCUT2D eigenvalue weighted by atomic mass is 16.3. The number of hydrogen-bond acceptors (Lipinski definition) is 2. The number of rotatable bonds is 15. The van der Waals surface area contributed by atoms with E-state index in [9.17, 15) is 10.2 Å². The third kappa shape index (κ3) is 14.3. The first-order valence-corrected chi connectivity index (χ1v) is 9.06. The Balaban J connectivity index is 3.10. The molecule has 0 radical (unpaired) electrons. The summed E-state index contributed by atoms with van der Waals surface area (Å²) < 4.78 is 0. The van der Waals surface area contributed by atoms with Gasteiger partial charge in [-0.2, -0.15) is 0 Å². The highest BCUT2D eigenvalue weighted by Gasteiger charge is 2.02. The van der Waals surface area contributed by atoms with Crippen LogP contribution in [-0.4, -0.2) is 22.4 Å². The van der Waals surface area contributed by atoms with Crippen molar-refractivity contribution in [2.45, 2.75) is 116 Å². The second-order valence-corrected chi connectivity index (χ2v) is 6.29. The van der Waals surface area contributed by atoms with E-state index < -0.39 is 0 Å². The Bertz CT molecular complexity index is 162. The van der Waals surface area contributed by atoms with E-state index in [-0.39, 0.29) is 12.2 Å². The average molecular weight is 286 g/mol. The van der Waals surface area contributed by atoms with Crippen LogP contribution in [0.2, 0.25) is 0 Å². The van der Waals surface area contributed by atoms with Gasteiger partial charge < -0.3 is 10.2 Å². The molecule has 0 aromatic heterocycles. The minimum Gasteiger partial charge on any atom is -0.393 e. The molecule has 0 rings (SSSR count). The average Bonchev–Trinajstić information content (AvgIpc) is 2.41. The van der Waals surface area contributed by atoms with E-state index in [0.717, 1.165) is 38.5 Å². The normalized spacial score (nSPS) is 14.4. The molecule has 2 heteroatoms. The van der Waals surface area contributed by atoms with E-state index in [1.807, 2.05) is 0 Å². The Morgan fingerprint density at radius 1 is 0.500 bits per heavy atom. The molecule has 20 heavy (non-hydrogen) atoms. The number of hydrogen-bond donors (Lipinski definition) is 2. The Morgan fingerprint density at radius 3 is 1.10 bits per heavy atom. The minimum absolute atomic E-state index is 0.0606. The van der Waals surface area contributed by atoms with E-state index in [4.69, 9.17) is 0 Å². The third-order valence-electron chi connectivity index (χ3n) is 4.07. The van der Waals surface area contributed by atoms with Crippen LogP contribution in [0.25, 0.3) is 0 Å². The maximum atomic E-state index is 9.61. The van der Waals surface area contributed by atoms with Gasteiger partial charge in [0, 0.05) is 0 Å². The van der Waals surface area contributed by atoms with Crippen molar-refractivity contribution < 1.29 is 10.2 Å². The second kappa shape index (κ2) is 15.3. The van der Waals surface area contributed by atoms with Crippen LogP contribution in [0.5, 0.6) is 0 Å². The van der Waals surface area contributed by atoms with Crippen LogP contribution < -0.4 is 0 Å². The smallest absolute Gasteiger partial charge is 0.0540 e. The molecule has 0 saturated heterocycles. The maximum Gasteiger partial charge on any atom is 0.0540 e. The first kappa shape index (κ1) is 19.9. The zero-order valence-corrected chi connectivity index (χ0v) is 13.9. The quantitative estimate of drug-likeness (QED) is 0.406. The lowest BCUT2D eigenvalue weighted by Gasteiger charge is -2.09. The molecule has 0 aromatic carbocycles. The molecule has 0 heterocycles. The summed E-state index contributed by atoms with van der Waals surface area (Å²) >= 11 is 0. The van der Waals surface area contributed by atoms with Gasteiger partial charge in [0.15, 0.2) is 0 Å². The summed E-state index contributed by atoms with van der Waals surface area (Å²) in [4.78, 5) is 0. The molecule has 122 valence electrons. The van der Waals surface area contributed by atoms with Gasteiger partial charge in [0.2, 0.25) is 0 Å². The first-order valence-electron chi connectivity index (χ1n) is 9.06. The van der Waals surface area contributed by atoms with Crippen LogP contribution in [0.1, 0.15) is 104 Å². The molecular formula is C18H38O2. The van der Waals surface area contributed by atoms with Gasteiger partial charge in [0.25, 0.3) is 0 Å². The van der Waals surface area contributed by atoms with Crippen LogP contribution in [0.4, 0.5) is 0 Å². The summed E-state index contributed by atoms with van der Waals surface area (Å²) in [6.07, 6.45) is 16.2. The summed E-state index contributed by atoms with van der Waals surface area (Å²) in [6.45, 7) is 4.26. The highest BCUT2D eigenvalue weighted by Crippen LogP contribution is 2.14. The first-order chi connectivity index (χ1) is 9.70. The van der Waals surface area contributed by atoms with Gasteiger partial charge in [0.1, 0.15) is 0 Å². The molecule has 0 amide bonds. The van der Waals surface area contributed by atoms with Gasteiger partial charge in [-0.25, -0.2) is 0 Å². The zero-order chi connectivity index (χ0) is 15.1. The van der Waals surface area contributed by atoms with Crippen LogP contribution in [0, 0.1) is 0 Å². The van der Waals surface area contributed by atoms with Crippen molar-refractivity contribution >= 4 is 0 Å². The molecule has 0 aromatic rings. The fraction of sp³-hybridized carbons (Fsp3) is 1.00. The predicted molar refractivity (Wildman–Crippen MR) is 88.0 cm³/mol. The fourth-order valence-electron chi connectivity index (χ4n) is 2.78. The molecule has 0 aliphatic carbocycles. The lowest BCUT2D eigenvalue weighted by Crippen LogP contribution is -2.05. The maximum absolute atomic E-state index is 9.61. The molecule has 2 nitrogen and oxygen atoms in total. The molecule has 2 atom stereocenters. The van der Waals surface area contributed by atoms with E-state index >= 15 is 0 Å². The molecule has 2 N–H and O–H groups in total. The van der Waals surface area contributed by atoms with Crippen molar-refractivity contribution in [3.8, 4) is 0 Å². The highest BCUT2D eigenvalue weighted by molar-refractivity contribution is 4.57. The van der Waals surface area contributed by atoms with Crippen LogP contribution in [-0.2, 0) is 0 Å². The van der Waals surface area contributed by atoms with E-state index in [1.54, 1.807) is 0 Å². The Morgan fingerprint density at radius 2 is 0.800 bits per heavy atom. The van der Waals surface area contributed by atoms with Gasteiger partial charge in [-0.3, -0.25) is 0 Å². The van der Waals surface area contributed by atoms with Crippen molar-refractivity contribution in [3.63, 3.8) is 0 Å². The molecule has 2 unspecified atom stereocenters. The van der Waals surface area contributed by atoms with Crippen molar-refractivity contribution in [1.82, 2.24) is 0 Å². The van der Waals surface area contributed by atoms with Crippen molar-refractivity contribution in [2.75, 3.05) is 0 Å². The predicted octanol–water partition coefficient (Wildman–Crippen LogP) is 5.21. The molecular weight excluding hydrogens is 248 g/mol. The summed E-state index contributed by atoms with van der Waals surface area (Å²) in [5.74, 6) is 0. The minimum atomic E-state index is -0.0606. The Kier molecular flexibility index (Phi) is 15.3.